The number of hydrogen-bond acceptors (Lipinski definition) is 4. The first-order chi connectivity index (χ1) is 7.54. The monoisotopic (exact) mass is 335 g/mol. The minimum Gasteiger partial charge on any atom is -0.378 e. The van der Waals surface area contributed by atoms with Gasteiger partial charge in [0.25, 0.3) is 5.69 Å². The predicted octanol–water partition coefficient (Wildman–Crippen LogP) is 2.22. The van der Waals surface area contributed by atoms with Gasteiger partial charge in [-0.15, -0.1) is 0 Å². The maximum Gasteiger partial charge on any atom is 0.293 e. The van der Waals surface area contributed by atoms with Gasteiger partial charge in [0.05, 0.1) is 4.92 Å². The van der Waals surface area contributed by atoms with Crippen LogP contribution in [0.5, 0.6) is 0 Å². The first kappa shape index (κ1) is 13.2. The van der Waals surface area contributed by atoms with Gasteiger partial charge in [0.2, 0.25) is 0 Å². The summed E-state index contributed by atoms with van der Waals surface area (Å²) in [7, 11) is 1.86. The van der Waals surface area contributed by atoms with Crippen LogP contribution in [0.15, 0.2) is 18.2 Å². The molecule has 5 nitrogen and oxygen atoms in total. The number of halogens is 1. The van der Waals surface area contributed by atoms with Crippen molar-refractivity contribution in [1.82, 2.24) is 5.32 Å². The van der Waals surface area contributed by atoms with Crippen molar-refractivity contribution in [2.75, 3.05) is 18.9 Å². The molecule has 0 bridgehead atoms. The van der Waals surface area contributed by atoms with Crippen LogP contribution in [-0.2, 0) is 0 Å². The van der Waals surface area contributed by atoms with E-state index in [2.05, 4.69) is 33.2 Å². The van der Waals surface area contributed by atoms with E-state index < -0.39 is 0 Å². The highest BCUT2D eigenvalue weighted by atomic mass is 127. The second-order valence-electron chi connectivity index (χ2n) is 3.49. The molecule has 1 aromatic carbocycles. The van der Waals surface area contributed by atoms with Crippen LogP contribution >= 0.6 is 22.6 Å². The average molecular weight is 335 g/mol. The molecule has 0 aromatic heterocycles. The number of nitro benzene ring substituents is 1. The summed E-state index contributed by atoms with van der Waals surface area (Å²) in [6, 6.07) is 5.41. The van der Waals surface area contributed by atoms with Crippen molar-refractivity contribution in [1.29, 1.82) is 0 Å². The molecule has 1 rings (SSSR count). The van der Waals surface area contributed by atoms with E-state index in [4.69, 9.17) is 0 Å². The van der Waals surface area contributed by atoms with Gasteiger partial charge < -0.3 is 10.6 Å². The fourth-order valence-corrected chi connectivity index (χ4v) is 1.65. The van der Waals surface area contributed by atoms with Crippen molar-refractivity contribution in [3.8, 4) is 0 Å². The molecule has 0 heterocycles. The molecule has 6 heteroatoms. The zero-order chi connectivity index (χ0) is 12.1. The van der Waals surface area contributed by atoms with Gasteiger partial charge in [-0.2, -0.15) is 0 Å². The first-order valence-electron chi connectivity index (χ1n) is 4.89. The molecule has 0 saturated carbocycles. The molecular formula is C10H14IN3O2. The van der Waals surface area contributed by atoms with Crippen molar-refractivity contribution in [2.45, 2.75) is 13.0 Å². The molecule has 0 saturated heterocycles. The van der Waals surface area contributed by atoms with E-state index in [1.54, 1.807) is 12.1 Å². The lowest BCUT2D eigenvalue weighted by Crippen LogP contribution is -2.29. The Bertz CT molecular complexity index is 384. The van der Waals surface area contributed by atoms with Crippen molar-refractivity contribution in [3.63, 3.8) is 0 Å². The summed E-state index contributed by atoms with van der Waals surface area (Å²) in [5.74, 6) is 0. The Morgan fingerprint density at radius 3 is 2.81 bits per heavy atom. The van der Waals surface area contributed by atoms with Crippen LogP contribution in [0.25, 0.3) is 0 Å². The molecular weight excluding hydrogens is 321 g/mol. The Morgan fingerprint density at radius 2 is 2.25 bits per heavy atom. The summed E-state index contributed by atoms with van der Waals surface area (Å²) in [6.07, 6.45) is 0. The zero-order valence-electron chi connectivity index (χ0n) is 9.16. The smallest absolute Gasteiger partial charge is 0.293 e. The van der Waals surface area contributed by atoms with E-state index >= 15 is 0 Å². The Balaban J connectivity index is 2.82. The minimum absolute atomic E-state index is 0.121. The van der Waals surface area contributed by atoms with Crippen LogP contribution in [-0.4, -0.2) is 24.6 Å². The Hall–Kier alpha value is -0.890. The molecule has 0 fully saturated rings. The lowest BCUT2D eigenvalue weighted by atomic mass is 10.2. The molecule has 0 aliphatic carbocycles. The van der Waals surface area contributed by atoms with Gasteiger partial charge in [-0.1, -0.05) is 0 Å². The fourth-order valence-electron chi connectivity index (χ4n) is 1.17. The number of anilines is 1. The van der Waals surface area contributed by atoms with Crippen molar-refractivity contribution in [3.05, 3.63) is 31.9 Å². The van der Waals surface area contributed by atoms with Crippen molar-refractivity contribution in [2.24, 2.45) is 0 Å². The molecule has 88 valence electrons. The van der Waals surface area contributed by atoms with Crippen LogP contribution in [0.4, 0.5) is 11.4 Å². The van der Waals surface area contributed by atoms with Crippen LogP contribution in [0, 0.1) is 13.7 Å². The van der Waals surface area contributed by atoms with Gasteiger partial charge in [-0.25, -0.2) is 0 Å². The van der Waals surface area contributed by atoms with Crippen LogP contribution < -0.4 is 10.6 Å². The van der Waals surface area contributed by atoms with E-state index in [0.717, 1.165) is 3.57 Å². The average Bonchev–Trinajstić information content (AvgIpc) is 2.26. The predicted molar refractivity (Wildman–Crippen MR) is 72.8 cm³/mol. The topological polar surface area (TPSA) is 67.2 Å². The summed E-state index contributed by atoms with van der Waals surface area (Å²) >= 11 is 2.06. The Kier molecular flexibility index (Phi) is 4.94. The van der Waals surface area contributed by atoms with E-state index in [-0.39, 0.29) is 16.7 Å². The van der Waals surface area contributed by atoms with Crippen molar-refractivity contribution < 1.29 is 4.92 Å². The third-order valence-electron chi connectivity index (χ3n) is 2.25. The summed E-state index contributed by atoms with van der Waals surface area (Å²) in [4.78, 5) is 10.5. The highest BCUT2D eigenvalue weighted by Gasteiger charge is 2.13. The normalized spacial score (nSPS) is 12.2. The molecule has 0 aliphatic heterocycles. The van der Waals surface area contributed by atoms with Gasteiger partial charge in [0, 0.05) is 22.2 Å². The number of nitrogens with zero attached hydrogens (tertiary/aromatic N) is 1. The molecule has 1 aromatic rings. The number of benzene rings is 1. The Morgan fingerprint density at radius 1 is 1.56 bits per heavy atom. The Labute approximate surface area is 108 Å². The minimum atomic E-state index is -0.367. The van der Waals surface area contributed by atoms with Gasteiger partial charge in [0.1, 0.15) is 5.69 Å². The maximum atomic E-state index is 10.8. The van der Waals surface area contributed by atoms with Crippen LogP contribution in [0.3, 0.4) is 0 Å². The second-order valence-corrected chi connectivity index (χ2v) is 4.73. The van der Waals surface area contributed by atoms with Crippen LogP contribution in [0.2, 0.25) is 0 Å². The molecule has 0 amide bonds. The molecule has 1 unspecified atom stereocenters. The molecule has 16 heavy (non-hydrogen) atoms. The lowest BCUT2D eigenvalue weighted by Gasteiger charge is -2.12. The number of likely N-dealkylation sites (N-methyl/N-ethyl adjacent to an activating group) is 1. The third kappa shape index (κ3) is 3.60. The molecule has 0 spiro atoms. The largest absolute Gasteiger partial charge is 0.378 e. The summed E-state index contributed by atoms with van der Waals surface area (Å²) in [5.41, 5.74) is 0.683. The van der Waals surface area contributed by atoms with Gasteiger partial charge in [-0.3, -0.25) is 10.1 Å². The standard InChI is InChI=1S/C10H14IN3O2/c1-7(12-2)6-13-9-4-3-8(11)5-10(9)14(15)16/h3-5,7,12-13H,6H2,1-2H3. The molecule has 0 aliphatic rings. The second kappa shape index (κ2) is 6.00. The summed E-state index contributed by atoms with van der Waals surface area (Å²) in [6.45, 7) is 2.66. The van der Waals surface area contributed by atoms with Gasteiger partial charge in [-0.05, 0) is 48.7 Å². The molecule has 1 atom stereocenters. The number of hydrogen-bond donors (Lipinski definition) is 2. The summed E-state index contributed by atoms with van der Waals surface area (Å²) in [5, 5.41) is 17.0. The first-order valence-corrected chi connectivity index (χ1v) is 5.97. The highest BCUT2D eigenvalue weighted by molar-refractivity contribution is 14.1. The quantitative estimate of drug-likeness (QED) is 0.492. The number of nitro groups is 1. The maximum absolute atomic E-state index is 10.8. The van der Waals surface area contributed by atoms with E-state index in [9.17, 15) is 10.1 Å². The summed E-state index contributed by atoms with van der Waals surface area (Å²) < 4.78 is 0.858. The van der Waals surface area contributed by atoms with Crippen LogP contribution in [0.1, 0.15) is 6.92 Å². The highest BCUT2D eigenvalue weighted by Crippen LogP contribution is 2.26. The number of nitrogens with one attached hydrogen (secondary N) is 2. The lowest BCUT2D eigenvalue weighted by molar-refractivity contribution is -0.384. The third-order valence-corrected chi connectivity index (χ3v) is 2.92. The van der Waals surface area contributed by atoms with E-state index in [0.29, 0.717) is 12.2 Å². The van der Waals surface area contributed by atoms with Gasteiger partial charge in [0.15, 0.2) is 0 Å². The molecule has 2 N–H and O–H groups in total. The SMILES string of the molecule is CNC(C)CNc1ccc(I)cc1[N+](=O)[O-]. The molecule has 0 radical (unpaired) electrons. The fraction of sp³-hybridized carbons (Fsp3) is 0.400. The zero-order valence-corrected chi connectivity index (χ0v) is 11.3. The van der Waals surface area contributed by atoms with Crippen molar-refractivity contribution >= 4 is 34.0 Å². The van der Waals surface area contributed by atoms with Gasteiger partial charge >= 0.3 is 0 Å². The van der Waals surface area contributed by atoms with E-state index in [1.807, 2.05) is 20.0 Å². The number of rotatable bonds is 5. The van der Waals surface area contributed by atoms with E-state index in [1.165, 1.54) is 0 Å².